The number of hydrogen-bond acceptors (Lipinski definition) is 5. The minimum absolute atomic E-state index is 0.0319. The summed E-state index contributed by atoms with van der Waals surface area (Å²) >= 11 is 5.98. The van der Waals surface area contributed by atoms with Gasteiger partial charge in [-0.25, -0.2) is 0 Å². The number of aromatic nitrogens is 1. The number of nitrogens with two attached hydrogens (primary N) is 1. The number of para-hydroxylation sites is 1. The lowest BCUT2D eigenvalue weighted by atomic mass is 10.1. The van der Waals surface area contributed by atoms with Crippen LogP contribution in [0.5, 0.6) is 0 Å². The van der Waals surface area contributed by atoms with Crippen LogP contribution in [0.15, 0.2) is 63.7 Å². The first-order valence-corrected chi connectivity index (χ1v) is 8.75. The smallest absolute Gasteiger partial charge is 0.259 e. The van der Waals surface area contributed by atoms with E-state index in [1.54, 1.807) is 6.26 Å². The van der Waals surface area contributed by atoms with Gasteiger partial charge in [-0.3, -0.25) is 4.79 Å². The fourth-order valence-corrected chi connectivity index (χ4v) is 3.18. The number of carbonyl (C=O) groups excluding carboxylic acids is 1. The number of halogens is 1. The Morgan fingerprint density at radius 1 is 1.19 bits per heavy atom. The first kappa shape index (κ1) is 17.2. The predicted molar refractivity (Wildman–Crippen MR) is 104 cm³/mol. The molecule has 136 valence electrons. The van der Waals surface area contributed by atoms with Gasteiger partial charge in [-0.05, 0) is 30.2 Å². The van der Waals surface area contributed by atoms with Crippen molar-refractivity contribution in [2.24, 2.45) is 0 Å². The van der Waals surface area contributed by atoms with Crippen LogP contribution in [0, 0.1) is 0 Å². The number of nitrogen functional groups attached to an aromatic ring is 1. The first-order chi connectivity index (χ1) is 13.1. The number of nitrogens with one attached hydrogen (secondary N) is 1. The number of rotatable bonds is 5. The van der Waals surface area contributed by atoms with E-state index in [4.69, 9.17) is 26.3 Å². The Bertz CT molecular complexity index is 1120. The lowest BCUT2D eigenvalue weighted by molar-refractivity contribution is 0.0955. The van der Waals surface area contributed by atoms with Gasteiger partial charge in [0.25, 0.3) is 5.91 Å². The van der Waals surface area contributed by atoms with Gasteiger partial charge in [-0.15, -0.1) is 0 Å². The molecule has 0 unspecified atom stereocenters. The zero-order chi connectivity index (χ0) is 18.8. The predicted octanol–water partition coefficient (Wildman–Crippen LogP) is 4.30. The third-order valence-electron chi connectivity index (χ3n) is 4.27. The van der Waals surface area contributed by atoms with Crippen LogP contribution in [0.4, 0.5) is 5.88 Å². The number of fused-ring (bicyclic) bond motifs is 1. The Kier molecular flexibility index (Phi) is 4.56. The van der Waals surface area contributed by atoms with Crippen LogP contribution in [-0.2, 0) is 6.42 Å². The highest BCUT2D eigenvalue weighted by Gasteiger charge is 2.24. The van der Waals surface area contributed by atoms with Gasteiger partial charge >= 0.3 is 0 Å². The molecule has 4 rings (SSSR count). The maximum Gasteiger partial charge on any atom is 0.259 e. The van der Waals surface area contributed by atoms with Gasteiger partial charge in [-0.1, -0.05) is 47.1 Å². The number of anilines is 1. The van der Waals surface area contributed by atoms with Gasteiger partial charge in [0, 0.05) is 17.0 Å². The van der Waals surface area contributed by atoms with Crippen molar-refractivity contribution in [2.45, 2.75) is 6.42 Å². The molecule has 0 bridgehead atoms. The van der Waals surface area contributed by atoms with Crippen molar-refractivity contribution in [2.75, 3.05) is 12.3 Å². The quantitative estimate of drug-likeness (QED) is 0.537. The molecule has 0 atom stereocenters. The molecule has 1 amide bonds. The minimum atomic E-state index is -0.351. The Balaban J connectivity index is 1.55. The zero-order valence-corrected chi connectivity index (χ0v) is 15.0. The normalized spacial score (nSPS) is 11.0. The monoisotopic (exact) mass is 381 g/mol. The van der Waals surface area contributed by atoms with Crippen molar-refractivity contribution in [1.82, 2.24) is 10.5 Å². The summed E-state index contributed by atoms with van der Waals surface area (Å²) in [4.78, 5) is 12.7. The molecule has 0 aliphatic rings. The van der Waals surface area contributed by atoms with Crippen LogP contribution in [0.25, 0.3) is 22.2 Å². The fraction of sp³-hybridized carbons (Fsp3) is 0.100. The van der Waals surface area contributed by atoms with E-state index in [1.807, 2.05) is 48.5 Å². The van der Waals surface area contributed by atoms with E-state index in [0.717, 1.165) is 10.9 Å². The number of carbonyl (C=O) groups is 1. The van der Waals surface area contributed by atoms with Crippen molar-refractivity contribution in [3.8, 4) is 11.3 Å². The SMILES string of the molecule is Nc1onc(-c2coc3ccccc23)c1C(=O)NCCc1cccc(Cl)c1. The average molecular weight is 382 g/mol. The molecule has 0 spiro atoms. The molecular weight excluding hydrogens is 366 g/mol. The summed E-state index contributed by atoms with van der Waals surface area (Å²) < 4.78 is 10.6. The van der Waals surface area contributed by atoms with Gasteiger partial charge in [0.2, 0.25) is 5.88 Å². The highest BCUT2D eigenvalue weighted by atomic mass is 35.5. The van der Waals surface area contributed by atoms with Crippen molar-refractivity contribution in [3.63, 3.8) is 0 Å². The van der Waals surface area contributed by atoms with Crippen molar-refractivity contribution < 1.29 is 13.7 Å². The van der Waals surface area contributed by atoms with Gasteiger partial charge in [0.15, 0.2) is 0 Å². The Morgan fingerprint density at radius 3 is 2.89 bits per heavy atom. The lowest BCUT2D eigenvalue weighted by Crippen LogP contribution is -2.26. The molecule has 6 nitrogen and oxygen atoms in total. The van der Waals surface area contributed by atoms with Gasteiger partial charge in [0.05, 0.1) is 5.56 Å². The summed E-state index contributed by atoms with van der Waals surface area (Å²) in [6, 6.07) is 15.0. The molecule has 2 heterocycles. The van der Waals surface area contributed by atoms with E-state index >= 15 is 0 Å². The molecule has 0 radical (unpaired) electrons. The third kappa shape index (κ3) is 3.39. The fourth-order valence-electron chi connectivity index (χ4n) is 2.97. The first-order valence-electron chi connectivity index (χ1n) is 8.38. The highest BCUT2D eigenvalue weighted by Crippen LogP contribution is 2.34. The molecule has 3 N–H and O–H groups in total. The molecule has 2 aromatic carbocycles. The topological polar surface area (TPSA) is 94.3 Å². The molecule has 7 heteroatoms. The van der Waals surface area contributed by atoms with E-state index in [2.05, 4.69) is 10.5 Å². The number of benzene rings is 2. The summed E-state index contributed by atoms with van der Waals surface area (Å²) in [6.07, 6.45) is 2.19. The summed E-state index contributed by atoms with van der Waals surface area (Å²) in [5, 5.41) is 8.32. The average Bonchev–Trinajstić information content (AvgIpc) is 3.25. The molecule has 0 aliphatic heterocycles. The molecule has 0 fully saturated rings. The lowest BCUT2D eigenvalue weighted by Gasteiger charge is -2.06. The summed E-state index contributed by atoms with van der Waals surface area (Å²) in [5.74, 6) is -0.383. The van der Waals surface area contributed by atoms with Crippen LogP contribution in [0.1, 0.15) is 15.9 Å². The van der Waals surface area contributed by atoms with Crippen LogP contribution in [0.2, 0.25) is 5.02 Å². The van der Waals surface area contributed by atoms with Crippen LogP contribution >= 0.6 is 11.6 Å². The summed E-state index contributed by atoms with van der Waals surface area (Å²) in [5.41, 5.74) is 8.80. The molecule has 2 aromatic heterocycles. The van der Waals surface area contributed by atoms with E-state index < -0.39 is 0 Å². The number of hydrogen-bond donors (Lipinski definition) is 2. The van der Waals surface area contributed by atoms with Crippen molar-refractivity contribution >= 4 is 34.4 Å². The summed E-state index contributed by atoms with van der Waals surface area (Å²) in [7, 11) is 0. The molecule has 0 saturated heterocycles. The van der Waals surface area contributed by atoms with Crippen molar-refractivity contribution in [3.05, 3.63) is 70.9 Å². The van der Waals surface area contributed by atoms with Crippen LogP contribution in [-0.4, -0.2) is 17.6 Å². The molecule has 4 aromatic rings. The molecule has 0 aliphatic carbocycles. The number of amides is 1. The maximum atomic E-state index is 12.7. The van der Waals surface area contributed by atoms with E-state index in [0.29, 0.717) is 34.8 Å². The van der Waals surface area contributed by atoms with Crippen molar-refractivity contribution in [1.29, 1.82) is 0 Å². The molecule has 0 saturated carbocycles. The second-order valence-electron chi connectivity index (χ2n) is 6.05. The van der Waals surface area contributed by atoms with E-state index in [1.165, 1.54) is 0 Å². The second kappa shape index (κ2) is 7.17. The van der Waals surface area contributed by atoms with Gasteiger partial charge in [-0.2, -0.15) is 0 Å². The zero-order valence-electron chi connectivity index (χ0n) is 14.2. The third-order valence-corrected chi connectivity index (χ3v) is 4.50. The van der Waals surface area contributed by atoms with E-state index in [9.17, 15) is 4.79 Å². The van der Waals surface area contributed by atoms with Gasteiger partial charge < -0.3 is 20.0 Å². The number of nitrogens with zero attached hydrogens (tertiary/aromatic N) is 1. The van der Waals surface area contributed by atoms with Crippen LogP contribution in [0.3, 0.4) is 0 Å². The van der Waals surface area contributed by atoms with E-state index in [-0.39, 0.29) is 17.4 Å². The molecular formula is C20H16ClN3O3. The minimum Gasteiger partial charge on any atom is -0.464 e. The Hall–Kier alpha value is -3.25. The summed E-state index contributed by atoms with van der Waals surface area (Å²) in [6.45, 7) is 0.426. The second-order valence-corrected chi connectivity index (χ2v) is 6.49. The molecule has 27 heavy (non-hydrogen) atoms. The highest BCUT2D eigenvalue weighted by molar-refractivity contribution is 6.30. The van der Waals surface area contributed by atoms with Gasteiger partial charge in [0.1, 0.15) is 23.1 Å². The number of furan rings is 1. The standard InChI is InChI=1S/C20H16ClN3O3/c21-13-5-3-4-12(10-13)8-9-23-20(25)17-18(24-27-19(17)22)15-11-26-16-7-2-1-6-14(15)16/h1-7,10-11H,8-9,22H2,(H,23,25). The largest absolute Gasteiger partial charge is 0.464 e. The Labute approximate surface area is 159 Å². The van der Waals surface area contributed by atoms with Crippen LogP contribution < -0.4 is 11.1 Å². The Morgan fingerprint density at radius 2 is 2.04 bits per heavy atom. The maximum absolute atomic E-state index is 12.7.